The zero-order valence-electron chi connectivity index (χ0n) is 15.9. The van der Waals surface area contributed by atoms with E-state index in [1.807, 2.05) is 11.9 Å². The van der Waals surface area contributed by atoms with Gasteiger partial charge in [-0.3, -0.25) is 9.59 Å². The van der Waals surface area contributed by atoms with Gasteiger partial charge in [-0.2, -0.15) is 0 Å². The number of carbonyl (C=O) groups excluding carboxylic acids is 2. The molecule has 6 heteroatoms. The van der Waals surface area contributed by atoms with Gasteiger partial charge in [-0.15, -0.1) is 0 Å². The predicted molar refractivity (Wildman–Crippen MR) is 99.5 cm³/mol. The quantitative estimate of drug-likeness (QED) is 0.867. The Bertz CT molecular complexity index is 691. The Balaban J connectivity index is 1.60. The molecule has 26 heavy (non-hydrogen) atoms. The number of piperazine rings is 1. The Labute approximate surface area is 155 Å². The zero-order valence-corrected chi connectivity index (χ0v) is 15.9. The van der Waals surface area contributed by atoms with E-state index in [2.05, 4.69) is 36.9 Å². The summed E-state index contributed by atoms with van der Waals surface area (Å²) in [4.78, 5) is 30.8. The highest BCUT2D eigenvalue weighted by molar-refractivity contribution is 5.87. The van der Waals surface area contributed by atoms with E-state index in [-0.39, 0.29) is 18.4 Å². The third-order valence-corrected chi connectivity index (χ3v) is 5.67. The average molecular weight is 359 g/mol. The van der Waals surface area contributed by atoms with Crippen molar-refractivity contribution in [2.45, 2.75) is 32.9 Å². The molecule has 2 aliphatic rings. The normalized spacial score (nSPS) is 24.8. The maximum atomic E-state index is 12.8. The first-order chi connectivity index (χ1) is 12.3. The fourth-order valence-electron chi connectivity index (χ4n) is 3.77. The van der Waals surface area contributed by atoms with Gasteiger partial charge in [0, 0.05) is 32.7 Å². The van der Waals surface area contributed by atoms with Crippen LogP contribution in [0.5, 0.6) is 0 Å². The molecule has 1 N–H and O–H groups in total. The summed E-state index contributed by atoms with van der Waals surface area (Å²) in [7, 11) is 1.96. The van der Waals surface area contributed by atoms with Gasteiger partial charge in [-0.05, 0) is 44.0 Å². The van der Waals surface area contributed by atoms with Crippen LogP contribution in [-0.4, -0.2) is 77.5 Å². The molecule has 0 radical (unpaired) electrons. The number of nitrogens with zero attached hydrogens (tertiary/aromatic N) is 3. The molecule has 2 heterocycles. The summed E-state index contributed by atoms with van der Waals surface area (Å²) in [5.74, 6) is -0.544. The maximum Gasteiger partial charge on any atom is 0.242 e. The monoisotopic (exact) mass is 359 g/mol. The van der Waals surface area contributed by atoms with Gasteiger partial charge in [-0.1, -0.05) is 18.2 Å². The minimum Gasteiger partial charge on any atom is -0.392 e. The zero-order chi connectivity index (χ0) is 18.8. The van der Waals surface area contributed by atoms with E-state index in [0.29, 0.717) is 32.6 Å². The van der Waals surface area contributed by atoms with Gasteiger partial charge in [0.15, 0.2) is 0 Å². The van der Waals surface area contributed by atoms with Gasteiger partial charge in [0.1, 0.15) is 0 Å². The first-order valence-corrected chi connectivity index (χ1v) is 9.34. The molecule has 1 aromatic carbocycles. The summed E-state index contributed by atoms with van der Waals surface area (Å²) < 4.78 is 0. The number of benzene rings is 1. The van der Waals surface area contributed by atoms with Crippen LogP contribution < -0.4 is 0 Å². The van der Waals surface area contributed by atoms with Crippen molar-refractivity contribution in [2.24, 2.45) is 5.92 Å². The van der Waals surface area contributed by atoms with Crippen molar-refractivity contribution in [3.63, 3.8) is 0 Å². The van der Waals surface area contributed by atoms with E-state index in [1.165, 1.54) is 11.1 Å². The summed E-state index contributed by atoms with van der Waals surface area (Å²) in [6.45, 7) is 7.26. The standard InChI is InChI=1S/C20H29N3O3/c1-14-4-5-16(10-15(14)2)11-22-8-9-23(13-19(22)25)20(26)17-12-21(3)7-6-18(17)24/h4-5,10,17-18,24H,6-9,11-13H2,1-3H3/t17-,18+/m1/s1. The molecule has 0 spiro atoms. The van der Waals surface area contributed by atoms with E-state index < -0.39 is 12.0 Å². The summed E-state index contributed by atoms with van der Waals surface area (Å²) in [5, 5.41) is 10.2. The fourth-order valence-corrected chi connectivity index (χ4v) is 3.77. The summed E-state index contributed by atoms with van der Waals surface area (Å²) in [5.41, 5.74) is 3.58. The number of amides is 2. The van der Waals surface area contributed by atoms with Crippen molar-refractivity contribution in [2.75, 3.05) is 39.8 Å². The lowest BCUT2D eigenvalue weighted by Crippen LogP contribution is -2.56. The molecule has 3 rings (SSSR count). The number of piperidine rings is 1. The van der Waals surface area contributed by atoms with Crippen molar-refractivity contribution in [1.29, 1.82) is 0 Å². The van der Waals surface area contributed by atoms with Gasteiger partial charge in [0.2, 0.25) is 11.8 Å². The molecule has 2 aliphatic heterocycles. The fraction of sp³-hybridized carbons (Fsp3) is 0.600. The van der Waals surface area contributed by atoms with E-state index in [1.54, 1.807) is 4.90 Å². The van der Waals surface area contributed by atoms with Gasteiger partial charge in [-0.25, -0.2) is 0 Å². The smallest absolute Gasteiger partial charge is 0.242 e. The minimum atomic E-state index is -0.609. The van der Waals surface area contributed by atoms with Gasteiger partial charge in [0.05, 0.1) is 18.6 Å². The van der Waals surface area contributed by atoms with E-state index in [0.717, 1.165) is 12.1 Å². The van der Waals surface area contributed by atoms with Crippen molar-refractivity contribution in [3.05, 3.63) is 34.9 Å². The highest BCUT2D eigenvalue weighted by atomic mass is 16.3. The van der Waals surface area contributed by atoms with Crippen LogP contribution >= 0.6 is 0 Å². The molecule has 1 aromatic rings. The van der Waals surface area contributed by atoms with Crippen LogP contribution in [0.25, 0.3) is 0 Å². The van der Waals surface area contributed by atoms with Crippen LogP contribution in [-0.2, 0) is 16.1 Å². The molecule has 2 amide bonds. The lowest BCUT2D eigenvalue weighted by molar-refractivity contribution is -0.152. The lowest BCUT2D eigenvalue weighted by Gasteiger charge is -2.39. The number of likely N-dealkylation sites (tertiary alicyclic amines) is 1. The molecule has 6 nitrogen and oxygen atoms in total. The molecule has 142 valence electrons. The molecule has 0 bridgehead atoms. The van der Waals surface area contributed by atoms with Crippen LogP contribution in [0.3, 0.4) is 0 Å². The van der Waals surface area contributed by atoms with Crippen molar-refractivity contribution >= 4 is 11.8 Å². The molecule has 2 atom stereocenters. The third kappa shape index (κ3) is 4.07. The summed E-state index contributed by atoms with van der Waals surface area (Å²) >= 11 is 0. The van der Waals surface area contributed by atoms with Crippen molar-refractivity contribution in [3.8, 4) is 0 Å². The topological polar surface area (TPSA) is 64.1 Å². The van der Waals surface area contributed by atoms with Crippen LogP contribution in [0.1, 0.15) is 23.1 Å². The van der Waals surface area contributed by atoms with Gasteiger partial charge < -0.3 is 19.8 Å². The summed E-state index contributed by atoms with van der Waals surface area (Å²) in [6, 6.07) is 6.26. The van der Waals surface area contributed by atoms with Crippen LogP contribution in [0.4, 0.5) is 0 Å². The largest absolute Gasteiger partial charge is 0.392 e. The molecule has 0 unspecified atom stereocenters. The Morgan fingerprint density at radius 2 is 1.96 bits per heavy atom. The molecule has 0 aliphatic carbocycles. The van der Waals surface area contributed by atoms with Crippen LogP contribution in [0.15, 0.2) is 18.2 Å². The number of aliphatic hydroxyl groups excluding tert-OH is 1. The third-order valence-electron chi connectivity index (χ3n) is 5.67. The van der Waals surface area contributed by atoms with E-state index >= 15 is 0 Å². The Kier molecular flexibility index (Phi) is 5.63. The second kappa shape index (κ2) is 7.76. The molecule has 0 saturated carbocycles. The van der Waals surface area contributed by atoms with E-state index in [4.69, 9.17) is 0 Å². The first-order valence-electron chi connectivity index (χ1n) is 9.34. The van der Waals surface area contributed by atoms with Gasteiger partial charge >= 0.3 is 0 Å². The second-order valence-corrected chi connectivity index (χ2v) is 7.72. The van der Waals surface area contributed by atoms with Crippen LogP contribution in [0.2, 0.25) is 0 Å². The van der Waals surface area contributed by atoms with Gasteiger partial charge in [0.25, 0.3) is 0 Å². The molecule has 0 aromatic heterocycles. The highest BCUT2D eigenvalue weighted by Gasteiger charge is 2.37. The number of rotatable bonds is 3. The molecular formula is C20H29N3O3. The number of hydrogen-bond acceptors (Lipinski definition) is 4. The Morgan fingerprint density at radius 1 is 1.19 bits per heavy atom. The SMILES string of the molecule is Cc1ccc(CN2CCN(C(=O)[C@@H]3CN(C)CC[C@@H]3O)CC2=O)cc1C. The number of aryl methyl sites for hydroxylation is 2. The van der Waals surface area contributed by atoms with Crippen molar-refractivity contribution < 1.29 is 14.7 Å². The summed E-state index contributed by atoms with van der Waals surface area (Å²) in [6.07, 6.45) is -0.00417. The minimum absolute atomic E-state index is 0.0264. The molecule has 2 fully saturated rings. The predicted octanol–water partition coefficient (Wildman–Crippen LogP) is 0.787. The number of hydrogen-bond donors (Lipinski definition) is 1. The Morgan fingerprint density at radius 3 is 2.65 bits per heavy atom. The second-order valence-electron chi connectivity index (χ2n) is 7.72. The van der Waals surface area contributed by atoms with Crippen LogP contribution in [0, 0.1) is 19.8 Å². The number of carbonyl (C=O) groups is 2. The van der Waals surface area contributed by atoms with E-state index in [9.17, 15) is 14.7 Å². The Hall–Kier alpha value is -1.92. The lowest BCUT2D eigenvalue weighted by atomic mass is 9.93. The number of aliphatic hydroxyl groups is 1. The van der Waals surface area contributed by atoms with Crippen molar-refractivity contribution in [1.82, 2.24) is 14.7 Å². The average Bonchev–Trinajstić information content (AvgIpc) is 2.61. The maximum absolute atomic E-state index is 12.8. The highest BCUT2D eigenvalue weighted by Crippen LogP contribution is 2.20. The molecular weight excluding hydrogens is 330 g/mol. The first kappa shape index (κ1) is 18.9. The molecule has 2 saturated heterocycles.